The van der Waals surface area contributed by atoms with Gasteiger partial charge in [-0.2, -0.15) is 0 Å². The fraction of sp³-hybridized carbons (Fsp3) is 0.259. The summed E-state index contributed by atoms with van der Waals surface area (Å²) in [4.78, 5) is 28.2. The Hall–Kier alpha value is -3.36. The number of carbonyl (C=O) groups excluding carboxylic acids is 2. The average molecular weight is 528 g/mol. The lowest BCUT2D eigenvalue weighted by atomic mass is 10.1. The normalized spacial score (nSPS) is 12.0. The third-order valence-electron chi connectivity index (χ3n) is 5.66. The van der Waals surface area contributed by atoms with E-state index >= 15 is 0 Å². The first-order valence-electron chi connectivity index (χ1n) is 11.7. The summed E-state index contributed by atoms with van der Waals surface area (Å²) in [5.41, 5.74) is 1.01. The number of rotatable bonds is 11. The van der Waals surface area contributed by atoms with E-state index in [1.54, 1.807) is 49.4 Å². The summed E-state index contributed by atoms with van der Waals surface area (Å²) in [5, 5.41) is 2.97. The minimum Gasteiger partial charge on any atom is -0.355 e. The van der Waals surface area contributed by atoms with Gasteiger partial charge in [-0.3, -0.25) is 13.9 Å². The molecule has 0 saturated carbocycles. The van der Waals surface area contributed by atoms with Crippen molar-refractivity contribution in [1.82, 2.24) is 10.2 Å². The van der Waals surface area contributed by atoms with Gasteiger partial charge in [-0.15, -0.1) is 0 Å². The summed E-state index contributed by atoms with van der Waals surface area (Å²) >= 11 is 6.39. The second-order valence-electron chi connectivity index (χ2n) is 8.10. The molecule has 9 heteroatoms. The Kier molecular flexibility index (Phi) is 9.50. The molecule has 3 aromatic carbocycles. The SMILES string of the molecule is CCNC(=O)[C@H](CC)N(Cc1ccccc1)C(=O)CN(c1ccccc1Cl)S(=O)(=O)c1ccccc1. The molecule has 2 amide bonds. The number of amides is 2. The lowest BCUT2D eigenvalue weighted by Gasteiger charge is -2.33. The van der Waals surface area contributed by atoms with Gasteiger partial charge in [0.25, 0.3) is 10.0 Å². The second kappa shape index (κ2) is 12.6. The van der Waals surface area contributed by atoms with E-state index in [2.05, 4.69) is 5.32 Å². The Labute approximate surface area is 217 Å². The van der Waals surface area contributed by atoms with E-state index in [0.717, 1.165) is 9.87 Å². The van der Waals surface area contributed by atoms with E-state index in [1.165, 1.54) is 17.0 Å². The topological polar surface area (TPSA) is 86.8 Å². The van der Waals surface area contributed by atoms with Gasteiger partial charge in [-0.05, 0) is 43.2 Å². The molecular formula is C27H30ClN3O4S. The van der Waals surface area contributed by atoms with E-state index in [4.69, 9.17) is 11.6 Å². The standard InChI is InChI=1S/C27H30ClN3O4S/c1-3-24(27(33)29-4-2)30(19-21-13-7-5-8-14-21)26(32)20-31(25-18-12-11-17-23(25)28)36(34,35)22-15-9-6-10-16-22/h5-18,24H,3-4,19-20H2,1-2H3,(H,29,33)/t24-/m0/s1. The molecule has 1 atom stereocenters. The maximum Gasteiger partial charge on any atom is 0.264 e. The molecule has 3 aromatic rings. The number of para-hydroxylation sites is 1. The number of likely N-dealkylation sites (N-methyl/N-ethyl adjacent to an activating group) is 1. The Morgan fingerprint density at radius 2 is 1.47 bits per heavy atom. The van der Waals surface area contributed by atoms with Crippen LogP contribution < -0.4 is 9.62 Å². The van der Waals surface area contributed by atoms with Crippen molar-refractivity contribution >= 4 is 39.1 Å². The van der Waals surface area contributed by atoms with Gasteiger partial charge in [0.2, 0.25) is 11.8 Å². The van der Waals surface area contributed by atoms with E-state index in [-0.39, 0.29) is 28.1 Å². The summed E-state index contributed by atoms with van der Waals surface area (Å²) in [6.07, 6.45) is 0.363. The van der Waals surface area contributed by atoms with Crippen LogP contribution >= 0.6 is 11.6 Å². The molecular weight excluding hydrogens is 498 g/mol. The van der Waals surface area contributed by atoms with Crippen LogP contribution in [0.2, 0.25) is 5.02 Å². The van der Waals surface area contributed by atoms with Crippen LogP contribution in [0, 0.1) is 0 Å². The first-order chi connectivity index (χ1) is 17.3. The molecule has 1 N–H and O–H groups in total. The van der Waals surface area contributed by atoms with Gasteiger partial charge in [0, 0.05) is 13.1 Å². The summed E-state index contributed by atoms with van der Waals surface area (Å²) in [5.74, 6) is -0.809. The first-order valence-corrected chi connectivity index (χ1v) is 13.5. The second-order valence-corrected chi connectivity index (χ2v) is 10.4. The number of carbonyl (C=O) groups is 2. The van der Waals surface area contributed by atoms with E-state index in [9.17, 15) is 18.0 Å². The van der Waals surface area contributed by atoms with Gasteiger partial charge in [0.05, 0.1) is 15.6 Å². The van der Waals surface area contributed by atoms with E-state index in [0.29, 0.717) is 13.0 Å². The number of nitrogens with one attached hydrogen (secondary N) is 1. The number of benzene rings is 3. The molecule has 36 heavy (non-hydrogen) atoms. The van der Waals surface area contributed by atoms with Crippen LogP contribution in [0.4, 0.5) is 5.69 Å². The molecule has 0 spiro atoms. The third-order valence-corrected chi connectivity index (χ3v) is 7.76. The lowest BCUT2D eigenvalue weighted by Crippen LogP contribution is -2.52. The van der Waals surface area contributed by atoms with Crippen LogP contribution in [-0.2, 0) is 26.2 Å². The fourth-order valence-corrected chi connectivity index (χ4v) is 5.62. The van der Waals surface area contributed by atoms with Gasteiger partial charge in [-0.1, -0.05) is 79.2 Å². The maximum absolute atomic E-state index is 13.8. The number of nitrogens with zero attached hydrogens (tertiary/aromatic N) is 2. The van der Waals surface area contributed by atoms with Crippen molar-refractivity contribution in [1.29, 1.82) is 0 Å². The summed E-state index contributed by atoms with van der Waals surface area (Å²) < 4.78 is 28.4. The summed E-state index contributed by atoms with van der Waals surface area (Å²) in [7, 11) is -4.14. The highest BCUT2D eigenvalue weighted by atomic mass is 35.5. The number of halogens is 1. The van der Waals surface area contributed by atoms with Crippen LogP contribution in [0.3, 0.4) is 0 Å². The van der Waals surface area contributed by atoms with Crippen molar-refractivity contribution in [2.24, 2.45) is 0 Å². The van der Waals surface area contributed by atoms with Gasteiger partial charge in [0.15, 0.2) is 0 Å². The molecule has 0 aliphatic carbocycles. The highest BCUT2D eigenvalue weighted by Gasteiger charge is 2.34. The monoisotopic (exact) mass is 527 g/mol. The molecule has 7 nitrogen and oxygen atoms in total. The largest absolute Gasteiger partial charge is 0.355 e. The molecule has 0 aliphatic rings. The third kappa shape index (κ3) is 6.44. The van der Waals surface area contributed by atoms with Gasteiger partial charge in [0.1, 0.15) is 12.6 Å². The molecule has 0 aromatic heterocycles. The molecule has 0 aliphatic heterocycles. The van der Waals surface area contributed by atoms with Crippen molar-refractivity contribution in [3.05, 3.63) is 95.5 Å². The zero-order valence-corrected chi connectivity index (χ0v) is 21.9. The minimum absolute atomic E-state index is 0.0306. The van der Waals surface area contributed by atoms with Crippen LogP contribution in [0.1, 0.15) is 25.8 Å². The molecule has 3 rings (SSSR count). The van der Waals surface area contributed by atoms with Crippen LogP contribution in [0.25, 0.3) is 0 Å². The average Bonchev–Trinajstić information content (AvgIpc) is 2.89. The zero-order chi connectivity index (χ0) is 26.1. The van der Waals surface area contributed by atoms with Gasteiger partial charge in [-0.25, -0.2) is 8.42 Å². The number of anilines is 1. The van der Waals surface area contributed by atoms with Crippen molar-refractivity contribution in [2.45, 2.75) is 37.8 Å². The molecule has 190 valence electrons. The maximum atomic E-state index is 13.8. The quantitative estimate of drug-likeness (QED) is 0.398. The van der Waals surface area contributed by atoms with E-state index in [1.807, 2.05) is 37.3 Å². The Bertz CT molecular complexity index is 1270. The van der Waals surface area contributed by atoms with Gasteiger partial charge < -0.3 is 10.2 Å². The number of hydrogen-bond donors (Lipinski definition) is 1. The molecule has 0 heterocycles. The number of sulfonamides is 1. The molecule has 0 unspecified atom stereocenters. The first kappa shape index (κ1) is 27.2. The molecule has 0 saturated heterocycles. The fourth-order valence-electron chi connectivity index (χ4n) is 3.88. The molecule has 0 radical (unpaired) electrons. The molecule has 0 fully saturated rings. The smallest absolute Gasteiger partial charge is 0.264 e. The molecule has 0 bridgehead atoms. The highest BCUT2D eigenvalue weighted by Crippen LogP contribution is 2.30. The van der Waals surface area contributed by atoms with Crippen molar-refractivity contribution in [3.8, 4) is 0 Å². The summed E-state index contributed by atoms with van der Waals surface area (Å²) in [6.45, 7) is 3.66. The Morgan fingerprint density at radius 1 is 0.889 bits per heavy atom. The van der Waals surface area contributed by atoms with Crippen LogP contribution in [0.5, 0.6) is 0 Å². The van der Waals surface area contributed by atoms with Crippen molar-refractivity contribution in [2.75, 3.05) is 17.4 Å². The zero-order valence-electron chi connectivity index (χ0n) is 20.3. The van der Waals surface area contributed by atoms with Crippen molar-refractivity contribution in [3.63, 3.8) is 0 Å². The van der Waals surface area contributed by atoms with Crippen LogP contribution in [0.15, 0.2) is 89.8 Å². The minimum atomic E-state index is -4.14. The van der Waals surface area contributed by atoms with E-state index < -0.39 is 28.5 Å². The predicted octanol–water partition coefficient (Wildman–Crippen LogP) is 4.48. The summed E-state index contributed by atoms with van der Waals surface area (Å²) in [6, 6.07) is 22.8. The predicted molar refractivity (Wildman–Crippen MR) is 142 cm³/mol. The lowest BCUT2D eigenvalue weighted by molar-refractivity contribution is -0.140. The highest BCUT2D eigenvalue weighted by molar-refractivity contribution is 7.92. The Morgan fingerprint density at radius 3 is 2.06 bits per heavy atom. The van der Waals surface area contributed by atoms with Crippen molar-refractivity contribution < 1.29 is 18.0 Å². The van der Waals surface area contributed by atoms with Gasteiger partial charge >= 0.3 is 0 Å². The number of hydrogen-bond acceptors (Lipinski definition) is 4. The van der Waals surface area contributed by atoms with Crippen LogP contribution in [-0.4, -0.2) is 44.3 Å². The Balaban J connectivity index is 2.05.